The normalized spacial score (nSPS) is 20.6. The minimum atomic E-state index is -0.431. The minimum absolute atomic E-state index is 0.0223. The average Bonchev–Trinajstić information content (AvgIpc) is 2.62. The summed E-state index contributed by atoms with van der Waals surface area (Å²) in [6.07, 6.45) is 3.00. The van der Waals surface area contributed by atoms with Crippen LogP contribution in [0.25, 0.3) is 0 Å². The van der Waals surface area contributed by atoms with E-state index in [1.165, 1.54) is 0 Å². The van der Waals surface area contributed by atoms with Gasteiger partial charge >= 0.3 is 0 Å². The van der Waals surface area contributed by atoms with Crippen LogP contribution < -0.4 is 0 Å². The van der Waals surface area contributed by atoms with E-state index in [1.54, 1.807) is 17.9 Å². The minimum Gasteiger partial charge on any atom is -0.396 e. The van der Waals surface area contributed by atoms with E-state index in [0.29, 0.717) is 40.7 Å². The van der Waals surface area contributed by atoms with Gasteiger partial charge in [0.25, 0.3) is 11.8 Å². The Morgan fingerprint density at radius 3 is 2.68 bits per heavy atom. The maximum Gasteiger partial charge on any atom is 0.255 e. The fourth-order valence-corrected chi connectivity index (χ4v) is 4.63. The lowest BCUT2D eigenvalue weighted by Crippen LogP contribution is -2.43. The Morgan fingerprint density at radius 1 is 1.32 bits per heavy atom. The molecule has 1 aromatic carbocycles. The van der Waals surface area contributed by atoms with Crippen LogP contribution in [0, 0.1) is 5.92 Å². The summed E-state index contributed by atoms with van der Waals surface area (Å²) in [6, 6.07) is 1.81. The van der Waals surface area contributed by atoms with Gasteiger partial charge in [0.15, 0.2) is 0 Å². The summed E-state index contributed by atoms with van der Waals surface area (Å²) in [7, 11) is 0. The number of aliphatic hydroxyl groups excluding tert-OH is 1. The van der Waals surface area contributed by atoms with E-state index < -0.39 is 5.92 Å². The number of halogens is 2. The molecule has 0 aromatic heterocycles. The van der Waals surface area contributed by atoms with Crippen molar-refractivity contribution in [3.63, 3.8) is 0 Å². The van der Waals surface area contributed by atoms with Crippen molar-refractivity contribution in [1.82, 2.24) is 4.90 Å². The molecule has 0 fully saturated rings. The topological polar surface area (TPSA) is 70.0 Å². The number of fused-ring (bicyclic) bond motifs is 1. The molecule has 0 bridgehead atoms. The van der Waals surface area contributed by atoms with Gasteiger partial charge in [0.2, 0.25) is 0 Å². The lowest BCUT2D eigenvalue weighted by molar-refractivity contribution is -0.120. The summed E-state index contributed by atoms with van der Waals surface area (Å²) in [4.78, 5) is 31.3. The number of aliphatic hydroxyl groups is 1. The Bertz CT molecular complexity index is 892. The van der Waals surface area contributed by atoms with Crippen LogP contribution in [0.3, 0.4) is 0 Å². The maximum absolute atomic E-state index is 13.2. The molecule has 7 heteroatoms. The number of hydrogen-bond donors (Lipinski definition) is 1. The largest absolute Gasteiger partial charge is 0.396 e. The molecule has 2 amide bonds. The van der Waals surface area contributed by atoms with Crippen LogP contribution in [0.5, 0.6) is 0 Å². The maximum atomic E-state index is 13.2. The first-order valence-corrected chi connectivity index (χ1v) is 10.2. The highest BCUT2D eigenvalue weighted by molar-refractivity contribution is 6.37. The molecule has 2 unspecified atom stereocenters. The van der Waals surface area contributed by atoms with Crippen molar-refractivity contribution >= 4 is 40.7 Å². The number of rotatable bonds is 5. The molecule has 2 atom stereocenters. The number of carbonyl (C=O) groups excluding carboxylic acids is 2. The van der Waals surface area contributed by atoms with E-state index in [4.69, 9.17) is 23.2 Å². The summed E-state index contributed by atoms with van der Waals surface area (Å²) in [5.74, 6) is -0.880. The predicted molar refractivity (Wildman–Crippen MR) is 112 cm³/mol. The Morgan fingerprint density at radius 2 is 2.04 bits per heavy atom. The first-order valence-electron chi connectivity index (χ1n) is 9.42. The molecule has 0 saturated heterocycles. The molecule has 0 aliphatic carbocycles. The highest BCUT2D eigenvalue weighted by Crippen LogP contribution is 2.39. The zero-order valence-electron chi connectivity index (χ0n) is 16.3. The van der Waals surface area contributed by atoms with Crippen molar-refractivity contribution in [1.29, 1.82) is 0 Å². The number of allylic oxidation sites excluding steroid dienone is 1. The number of nitrogens with zero attached hydrogens (tertiary/aromatic N) is 2. The van der Waals surface area contributed by atoms with Crippen molar-refractivity contribution < 1.29 is 14.7 Å². The van der Waals surface area contributed by atoms with Gasteiger partial charge in [0.1, 0.15) is 0 Å². The van der Waals surface area contributed by atoms with Crippen LogP contribution in [0.4, 0.5) is 0 Å². The monoisotopic (exact) mass is 422 g/mol. The number of carbonyl (C=O) groups is 2. The van der Waals surface area contributed by atoms with E-state index in [-0.39, 0.29) is 30.9 Å². The summed E-state index contributed by atoms with van der Waals surface area (Å²) in [5, 5.41) is 10.2. The van der Waals surface area contributed by atoms with Crippen molar-refractivity contribution in [3.8, 4) is 0 Å². The third-order valence-electron chi connectivity index (χ3n) is 5.54. The zero-order valence-corrected chi connectivity index (χ0v) is 17.8. The first kappa shape index (κ1) is 21.0. The summed E-state index contributed by atoms with van der Waals surface area (Å²) >= 11 is 13.1. The van der Waals surface area contributed by atoms with Crippen molar-refractivity contribution in [2.75, 3.05) is 19.7 Å². The quantitative estimate of drug-likeness (QED) is 0.777. The molecular weight excluding hydrogens is 399 g/mol. The van der Waals surface area contributed by atoms with Crippen LogP contribution in [0.1, 0.15) is 54.6 Å². The molecule has 2 aliphatic rings. The number of aliphatic imine (C=N–C) groups is 1. The molecule has 0 spiro atoms. The van der Waals surface area contributed by atoms with Crippen LogP contribution in [0.15, 0.2) is 22.7 Å². The van der Waals surface area contributed by atoms with E-state index in [1.807, 2.05) is 19.9 Å². The van der Waals surface area contributed by atoms with Crippen LogP contribution in [-0.4, -0.2) is 47.2 Å². The second kappa shape index (κ2) is 8.36. The molecule has 1 N–H and O–H groups in total. The third kappa shape index (κ3) is 3.88. The molecule has 0 saturated carbocycles. The molecule has 150 valence electrons. The molecule has 1 aromatic rings. The molecular formula is C21H24Cl2N2O3. The van der Waals surface area contributed by atoms with Gasteiger partial charge in [0, 0.05) is 30.4 Å². The lowest BCUT2D eigenvalue weighted by Gasteiger charge is -2.33. The summed E-state index contributed by atoms with van der Waals surface area (Å²) < 4.78 is 0. The number of benzene rings is 1. The highest BCUT2D eigenvalue weighted by atomic mass is 35.5. The van der Waals surface area contributed by atoms with Gasteiger partial charge in [-0.3, -0.25) is 9.59 Å². The first-order chi connectivity index (χ1) is 13.2. The molecule has 5 nitrogen and oxygen atoms in total. The fourth-order valence-electron chi connectivity index (χ4n) is 3.89. The van der Waals surface area contributed by atoms with Crippen molar-refractivity contribution in [3.05, 3.63) is 44.5 Å². The SMILES string of the molecule is CC1=CC(C)=NC(=O)C1CN1CCc2c(Cl)cc(C(C)CCO)c(Cl)c2C1=O. The van der Waals surface area contributed by atoms with Gasteiger partial charge in [-0.1, -0.05) is 35.7 Å². The molecule has 0 radical (unpaired) electrons. The Labute approximate surface area is 175 Å². The molecule has 2 heterocycles. The van der Waals surface area contributed by atoms with E-state index in [9.17, 15) is 14.7 Å². The van der Waals surface area contributed by atoms with Gasteiger partial charge in [-0.15, -0.1) is 0 Å². The van der Waals surface area contributed by atoms with Crippen LogP contribution in [0.2, 0.25) is 10.0 Å². The second-order valence-electron chi connectivity index (χ2n) is 7.56. The van der Waals surface area contributed by atoms with E-state index in [2.05, 4.69) is 4.99 Å². The number of dihydropyridines is 1. The summed E-state index contributed by atoms with van der Waals surface area (Å²) in [6.45, 7) is 6.41. The fraction of sp³-hybridized carbons (Fsp3) is 0.476. The Hall–Kier alpha value is -1.69. The Kier molecular flexibility index (Phi) is 6.28. The third-order valence-corrected chi connectivity index (χ3v) is 6.29. The van der Waals surface area contributed by atoms with Crippen LogP contribution in [-0.2, 0) is 11.2 Å². The van der Waals surface area contributed by atoms with Gasteiger partial charge in [-0.2, -0.15) is 0 Å². The molecule has 2 aliphatic heterocycles. The zero-order chi connectivity index (χ0) is 20.6. The molecule has 28 heavy (non-hydrogen) atoms. The highest BCUT2D eigenvalue weighted by Gasteiger charge is 2.34. The Balaban J connectivity index is 1.92. The van der Waals surface area contributed by atoms with Crippen molar-refractivity contribution in [2.45, 2.75) is 39.5 Å². The van der Waals surface area contributed by atoms with Gasteiger partial charge in [-0.25, -0.2) is 4.99 Å². The number of hydrogen-bond acceptors (Lipinski definition) is 3. The van der Waals surface area contributed by atoms with Crippen molar-refractivity contribution in [2.24, 2.45) is 10.9 Å². The lowest BCUT2D eigenvalue weighted by atomic mass is 9.89. The van der Waals surface area contributed by atoms with Gasteiger partial charge < -0.3 is 10.0 Å². The van der Waals surface area contributed by atoms with Gasteiger partial charge in [0.05, 0.1) is 16.5 Å². The summed E-state index contributed by atoms with van der Waals surface area (Å²) in [5.41, 5.74) is 3.53. The smallest absolute Gasteiger partial charge is 0.255 e. The molecule has 3 rings (SSSR count). The van der Waals surface area contributed by atoms with Gasteiger partial charge in [-0.05, 0) is 55.9 Å². The van der Waals surface area contributed by atoms with E-state index >= 15 is 0 Å². The number of amides is 2. The van der Waals surface area contributed by atoms with Crippen LogP contribution >= 0.6 is 23.2 Å². The van der Waals surface area contributed by atoms with E-state index in [0.717, 1.165) is 16.7 Å². The standard InChI is InChI=1S/C21H24Cl2N2O3/c1-11(5-7-26)15-9-17(22)14-4-6-25(21(28)18(14)19(15)23)10-16-12(2)8-13(3)24-20(16)27/h8-9,11,16,26H,4-7,10H2,1-3H3. The predicted octanol–water partition coefficient (Wildman–Crippen LogP) is 4.04. The second-order valence-corrected chi connectivity index (χ2v) is 8.35. The average molecular weight is 423 g/mol.